The molecule has 0 spiro atoms. The Kier molecular flexibility index (Phi) is 5.78. The summed E-state index contributed by atoms with van der Waals surface area (Å²) in [6, 6.07) is 13.6. The van der Waals surface area contributed by atoms with Gasteiger partial charge in [-0.2, -0.15) is 0 Å². The van der Waals surface area contributed by atoms with Gasteiger partial charge in [0.05, 0.1) is 14.2 Å². The van der Waals surface area contributed by atoms with Gasteiger partial charge in [-0.05, 0) is 36.4 Å². The average Bonchev–Trinajstić information content (AvgIpc) is 2.64. The van der Waals surface area contributed by atoms with Gasteiger partial charge in [-0.1, -0.05) is 12.1 Å². The first-order valence-corrected chi connectivity index (χ1v) is 7.21. The molecule has 128 valence electrons. The number of esters is 1. The molecular weight excluding hydrogens is 312 g/mol. The third-order valence-electron chi connectivity index (χ3n) is 3.59. The van der Waals surface area contributed by atoms with Crippen LogP contribution in [0.4, 0.5) is 0 Å². The number of carbonyl (C=O) groups is 1. The molecule has 0 aliphatic rings. The van der Waals surface area contributed by atoms with Gasteiger partial charge < -0.3 is 23.7 Å². The second kappa shape index (κ2) is 7.81. The normalized spacial score (nSPS) is 11.0. The fourth-order valence-corrected chi connectivity index (χ4v) is 2.28. The van der Waals surface area contributed by atoms with Gasteiger partial charge in [-0.25, -0.2) is 4.79 Å². The van der Waals surface area contributed by atoms with Gasteiger partial charge in [0.1, 0.15) is 5.75 Å². The maximum atomic E-state index is 12.8. The largest absolute Gasteiger partial charge is 0.497 e. The Bertz CT molecular complexity index is 676. The second-order valence-electron chi connectivity index (χ2n) is 4.79. The van der Waals surface area contributed by atoms with Crippen LogP contribution in [-0.4, -0.2) is 34.4 Å². The number of rotatable bonds is 7. The molecule has 0 saturated carbocycles. The van der Waals surface area contributed by atoms with Crippen molar-refractivity contribution in [2.75, 3.05) is 28.4 Å². The van der Waals surface area contributed by atoms with Crippen molar-refractivity contribution in [1.29, 1.82) is 0 Å². The van der Waals surface area contributed by atoms with Gasteiger partial charge in [0.25, 0.3) is 5.79 Å². The molecule has 0 unspecified atom stereocenters. The maximum absolute atomic E-state index is 12.8. The molecule has 0 atom stereocenters. The zero-order valence-corrected chi connectivity index (χ0v) is 14.1. The number of para-hydroxylation sites is 2. The average molecular weight is 332 g/mol. The molecule has 0 saturated heterocycles. The van der Waals surface area contributed by atoms with Crippen LogP contribution in [0.5, 0.6) is 17.2 Å². The Morgan fingerprint density at radius 2 is 1.38 bits per heavy atom. The topological polar surface area (TPSA) is 63.2 Å². The summed E-state index contributed by atoms with van der Waals surface area (Å²) in [5.41, 5.74) is 0.480. The van der Waals surface area contributed by atoms with Crippen molar-refractivity contribution in [3.05, 3.63) is 54.1 Å². The third kappa shape index (κ3) is 3.34. The number of hydrogen-bond acceptors (Lipinski definition) is 6. The Morgan fingerprint density at radius 3 is 1.88 bits per heavy atom. The summed E-state index contributed by atoms with van der Waals surface area (Å²) in [6.45, 7) is 0. The van der Waals surface area contributed by atoms with Crippen LogP contribution >= 0.6 is 0 Å². The SMILES string of the molecule is COc1ccc(C(OC)(OC)C(=O)Oc2ccccc2OC)cc1. The number of ether oxygens (including phenoxy) is 5. The van der Waals surface area contributed by atoms with E-state index < -0.39 is 11.8 Å². The first-order valence-electron chi connectivity index (χ1n) is 7.21. The summed E-state index contributed by atoms with van der Waals surface area (Å²) in [5, 5.41) is 0. The van der Waals surface area contributed by atoms with Crippen LogP contribution in [-0.2, 0) is 20.1 Å². The molecule has 6 heteroatoms. The van der Waals surface area contributed by atoms with E-state index >= 15 is 0 Å². The summed E-state index contributed by atoms with van der Waals surface area (Å²) >= 11 is 0. The molecule has 2 rings (SSSR count). The Balaban J connectivity index is 2.35. The first kappa shape index (κ1) is 17.8. The lowest BCUT2D eigenvalue weighted by Crippen LogP contribution is -2.42. The highest BCUT2D eigenvalue weighted by atomic mass is 16.7. The summed E-state index contributed by atoms with van der Waals surface area (Å²) < 4.78 is 26.5. The van der Waals surface area contributed by atoms with Crippen molar-refractivity contribution in [3.63, 3.8) is 0 Å². The molecule has 24 heavy (non-hydrogen) atoms. The molecule has 0 N–H and O–H groups in total. The van der Waals surface area contributed by atoms with Crippen LogP contribution in [0.25, 0.3) is 0 Å². The van der Waals surface area contributed by atoms with Crippen molar-refractivity contribution in [1.82, 2.24) is 0 Å². The number of carbonyl (C=O) groups excluding carboxylic acids is 1. The van der Waals surface area contributed by atoms with E-state index in [1.165, 1.54) is 21.3 Å². The minimum Gasteiger partial charge on any atom is -0.497 e. The van der Waals surface area contributed by atoms with Gasteiger partial charge >= 0.3 is 5.97 Å². The molecule has 0 aliphatic carbocycles. The van der Waals surface area contributed by atoms with E-state index in [-0.39, 0.29) is 5.75 Å². The molecular formula is C18H20O6. The lowest BCUT2D eigenvalue weighted by atomic mass is 10.1. The van der Waals surface area contributed by atoms with Crippen LogP contribution in [0.3, 0.4) is 0 Å². The van der Waals surface area contributed by atoms with Crippen LogP contribution < -0.4 is 14.2 Å². The molecule has 2 aromatic rings. The van der Waals surface area contributed by atoms with Crippen LogP contribution in [0, 0.1) is 0 Å². The molecule has 0 heterocycles. The van der Waals surface area contributed by atoms with E-state index in [1.54, 1.807) is 55.6 Å². The molecule has 0 aromatic heterocycles. The maximum Gasteiger partial charge on any atom is 0.377 e. The summed E-state index contributed by atoms with van der Waals surface area (Å²) in [6.07, 6.45) is 0. The molecule has 2 aromatic carbocycles. The van der Waals surface area contributed by atoms with Crippen molar-refractivity contribution >= 4 is 5.97 Å². The number of benzene rings is 2. The smallest absolute Gasteiger partial charge is 0.377 e. The van der Waals surface area contributed by atoms with Gasteiger partial charge in [-0.15, -0.1) is 0 Å². The molecule has 0 aliphatic heterocycles. The number of hydrogen-bond donors (Lipinski definition) is 0. The van der Waals surface area contributed by atoms with Crippen molar-refractivity contribution in [2.24, 2.45) is 0 Å². The minimum absolute atomic E-state index is 0.275. The Hall–Kier alpha value is -2.57. The molecule has 0 amide bonds. The predicted octanol–water partition coefficient (Wildman–Crippen LogP) is 2.76. The van der Waals surface area contributed by atoms with Crippen LogP contribution in [0.15, 0.2) is 48.5 Å². The second-order valence-corrected chi connectivity index (χ2v) is 4.79. The third-order valence-corrected chi connectivity index (χ3v) is 3.59. The van der Waals surface area contributed by atoms with Crippen LogP contribution in [0.1, 0.15) is 5.56 Å². The Morgan fingerprint density at radius 1 is 0.792 bits per heavy atom. The summed E-state index contributed by atoms with van der Waals surface area (Å²) in [5.74, 6) is -1.06. The van der Waals surface area contributed by atoms with Crippen molar-refractivity contribution in [2.45, 2.75) is 5.79 Å². The summed E-state index contributed by atoms with van der Waals surface area (Å²) in [7, 11) is 5.80. The zero-order chi connectivity index (χ0) is 17.6. The van der Waals surface area contributed by atoms with Gasteiger partial charge in [0.15, 0.2) is 11.5 Å². The van der Waals surface area contributed by atoms with Crippen LogP contribution in [0.2, 0.25) is 0 Å². The highest BCUT2D eigenvalue weighted by Gasteiger charge is 2.43. The zero-order valence-electron chi connectivity index (χ0n) is 14.1. The monoisotopic (exact) mass is 332 g/mol. The van der Waals surface area contributed by atoms with E-state index in [1.807, 2.05) is 0 Å². The molecule has 0 fully saturated rings. The van der Waals surface area contributed by atoms with Gasteiger partial charge in [0, 0.05) is 19.8 Å². The van der Waals surface area contributed by atoms with Gasteiger partial charge in [0.2, 0.25) is 0 Å². The summed E-state index contributed by atoms with van der Waals surface area (Å²) in [4.78, 5) is 12.8. The lowest BCUT2D eigenvalue weighted by molar-refractivity contribution is -0.228. The quantitative estimate of drug-likeness (QED) is 0.441. The molecule has 6 nitrogen and oxygen atoms in total. The first-order chi connectivity index (χ1) is 11.6. The van der Waals surface area contributed by atoms with E-state index in [9.17, 15) is 4.79 Å². The molecule has 0 radical (unpaired) electrons. The highest BCUT2D eigenvalue weighted by molar-refractivity contribution is 5.82. The van der Waals surface area contributed by atoms with Crippen molar-refractivity contribution in [3.8, 4) is 17.2 Å². The number of methoxy groups -OCH3 is 4. The predicted molar refractivity (Wildman–Crippen MR) is 87.3 cm³/mol. The van der Waals surface area contributed by atoms with E-state index in [2.05, 4.69) is 0 Å². The minimum atomic E-state index is -1.70. The lowest BCUT2D eigenvalue weighted by Gasteiger charge is -2.28. The standard InChI is InChI=1S/C18H20O6/c1-20-14-11-9-13(10-12-14)18(22-3,23-4)17(19)24-16-8-6-5-7-15(16)21-2/h5-12H,1-4H3. The van der Waals surface area contributed by atoms with Crippen molar-refractivity contribution < 1.29 is 28.5 Å². The highest BCUT2D eigenvalue weighted by Crippen LogP contribution is 2.33. The molecule has 0 bridgehead atoms. The fourth-order valence-electron chi connectivity index (χ4n) is 2.28. The fraction of sp³-hybridized carbons (Fsp3) is 0.278. The Labute approximate surface area is 140 Å². The van der Waals surface area contributed by atoms with E-state index in [4.69, 9.17) is 23.7 Å². The van der Waals surface area contributed by atoms with E-state index in [0.29, 0.717) is 17.1 Å². The van der Waals surface area contributed by atoms with Gasteiger partial charge in [-0.3, -0.25) is 0 Å². The van der Waals surface area contributed by atoms with E-state index in [0.717, 1.165) is 0 Å².